The molecule has 1 aromatic heterocycles. The van der Waals surface area contributed by atoms with Gasteiger partial charge in [-0.3, -0.25) is 0 Å². The molecule has 128 valence electrons. The summed E-state index contributed by atoms with van der Waals surface area (Å²) >= 11 is 0. The van der Waals surface area contributed by atoms with Gasteiger partial charge in [-0.1, -0.05) is 12.8 Å². The molecule has 0 unspecified atom stereocenters. The first kappa shape index (κ1) is 16.4. The van der Waals surface area contributed by atoms with Crippen LogP contribution in [0.2, 0.25) is 0 Å². The van der Waals surface area contributed by atoms with E-state index in [9.17, 15) is 9.90 Å². The first-order chi connectivity index (χ1) is 11.7. The predicted octanol–water partition coefficient (Wildman–Crippen LogP) is 2.72. The number of nitrogens with zero attached hydrogens (tertiary/aromatic N) is 2. The predicted molar refractivity (Wildman–Crippen MR) is 89.5 cm³/mol. The first-order valence-corrected chi connectivity index (χ1v) is 8.24. The van der Waals surface area contributed by atoms with Crippen LogP contribution in [0.5, 0.6) is 0 Å². The van der Waals surface area contributed by atoms with Crippen molar-refractivity contribution in [1.29, 1.82) is 0 Å². The van der Waals surface area contributed by atoms with E-state index in [0.29, 0.717) is 17.5 Å². The Balaban J connectivity index is 1.58. The Kier molecular flexibility index (Phi) is 5.10. The maximum atomic E-state index is 12.2. The fourth-order valence-electron chi connectivity index (χ4n) is 3.06. The minimum atomic E-state index is -0.248. The van der Waals surface area contributed by atoms with Crippen molar-refractivity contribution in [3.05, 3.63) is 30.2 Å². The maximum Gasteiger partial charge on any atom is 0.319 e. The molecule has 1 saturated carbocycles. The summed E-state index contributed by atoms with van der Waals surface area (Å²) in [6, 6.07) is 7.00. The average molecular weight is 330 g/mol. The van der Waals surface area contributed by atoms with Crippen molar-refractivity contribution < 1.29 is 14.3 Å². The number of aromatic nitrogens is 2. The number of hydrogen-bond acceptors (Lipinski definition) is 5. The molecule has 0 bridgehead atoms. The van der Waals surface area contributed by atoms with Crippen LogP contribution in [0.15, 0.2) is 28.7 Å². The minimum Gasteiger partial charge on any atom is -0.421 e. The first-order valence-electron chi connectivity index (χ1n) is 8.24. The van der Waals surface area contributed by atoms with E-state index in [2.05, 4.69) is 20.8 Å². The molecule has 3 rings (SSSR count). The summed E-state index contributed by atoms with van der Waals surface area (Å²) in [5.41, 5.74) is 1.48. The van der Waals surface area contributed by atoms with Gasteiger partial charge in [0.15, 0.2) is 0 Å². The Labute approximate surface area is 140 Å². The Hall–Kier alpha value is -2.41. The molecule has 1 aliphatic rings. The number of hydrogen-bond donors (Lipinski definition) is 3. The standard InChI is InChI=1S/C17H22N4O3/c1-11-20-21-16(24-11)12-6-8-14(9-7-12)18-17(23)19-15-5-3-2-4-13(15)10-22/h6-9,13,15,22H,2-5,10H2,1H3,(H2,18,19,23)/t13-,15-/m1/s1. The topological polar surface area (TPSA) is 100 Å². The number of carbonyl (C=O) groups is 1. The fraction of sp³-hybridized carbons (Fsp3) is 0.471. The number of amides is 2. The van der Waals surface area contributed by atoms with Gasteiger partial charge in [-0.05, 0) is 37.1 Å². The Morgan fingerprint density at radius 2 is 2.00 bits per heavy atom. The number of aliphatic hydroxyl groups is 1. The molecule has 1 heterocycles. The lowest BCUT2D eigenvalue weighted by atomic mass is 9.85. The highest BCUT2D eigenvalue weighted by Gasteiger charge is 2.25. The van der Waals surface area contributed by atoms with Gasteiger partial charge < -0.3 is 20.2 Å². The van der Waals surface area contributed by atoms with Gasteiger partial charge in [0.05, 0.1) is 0 Å². The number of urea groups is 1. The van der Waals surface area contributed by atoms with Crippen molar-refractivity contribution in [2.75, 3.05) is 11.9 Å². The third-order valence-electron chi connectivity index (χ3n) is 4.38. The number of aliphatic hydroxyl groups excluding tert-OH is 1. The SMILES string of the molecule is Cc1nnc(-c2ccc(NC(=O)N[C@@H]3CCCC[C@@H]3CO)cc2)o1. The lowest BCUT2D eigenvalue weighted by Gasteiger charge is -2.30. The highest BCUT2D eigenvalue weighted by molar-refractivity contribution is 5.89. The largest absolute Gasteiger partial charge is 0.421 e. The molecule has 24 heavy (non-hydrogen) atoms. The molecule has 0 spiro atoms. The molecule has 1 aromatic carbocycles. The number of anilines is 1. The van der Waals surface area contributed by atoms with Crippen LogP contribution in [0, 0.1) is 12.8 Å². The molecule has 0 aliphatic heterocycles. The van der Waals surface area contributed by atoms with E-state index in [0.717, 1.165) is 31.2 Å². The summed E-state index contributed by atoms with van der Waals surface area (Å²) < 4.78 is 5.37. The molecular weight excluding hydrogens is 308 g/mol. The molecule has 2 amide bonds. The third kappa shape index (κ3) is 3.91. The summed E-state index contributed by atoms with van der Waals surface area (Å²) in [6.07, 6.45) is 4.06. The van der Waals surface area contributed by atoms with Crippen LogP contribution >= 0.6 is 0 Å². The van der Waals surface area contributed by atoms with E-state index in [1.165, 1.54) is 0 Å². The summed E-state index contributed by atoms with van der Waals surface area (Å²) in [6.45, 7) is 1.85. The van der Waals surface area contributed by atoms with E-state index in [1.54, 1.807) is 19.1 Å². The van der Waals surface area contributed by atoms with Crippen molar-refractivity contribution in [2.24, 2.45) is 5.92 Å². The molecule has 7 heteroatoms. The van der Waals surface area contributed by atoms with Crippen LogP contribution in [0.3, 0.4) is 0 Å². The van der Waals surface area contributed by atoms with Gasteiger partial charge in [-0.25, -0.2) is 4.79 Å². The smallest absolute Gasteiger partial charge is 0.319 e. The molecule has 2 aromatic rings. The van der Waals surface area contributed by atoms with Crippen LogP contribution in [0.25, 0.3) is 11.5 Å². The molecule has 2 atom stereocenters. The molecule has 1 fully saturated rings. The molecule has 3 N–H and O–H groups in total. The van der Waals surface area contributed by atoms with Gasteiger partial charge in [-0.2, -0.15) is 0 Å². The normalized spacial score (nSPS) is 20.6. The summed E-state index contributed by atoms with van der Waals surface area (Å²) in [4.78, 5) is 12.2. The van der Waals surface area contributed by atoms with Crippen molar-refractivity contribution in [3.8, 4) is 11.5 Å². The number of nitrogens with one attached hydrogen (secondary N) is 2. The Morgan fingerprint density at radius 1 is 1.25 bits per heavy atom. The van der Waals surface area contributed by atoms with E-state index in [1.807, 2.05) is 12.1 Å². The van der Waals surface area contributed by atoms with Crippen LogP contribution in [-0.2, 0) is 0 Å². The van der Waals surface area contributed by atoms with Gasteiger partial charge in [0.25, 0.3) is 0 Å². The lowest BCUT2D eigenvalue weighted by molar-refractivity contribution is 0.156. The third-order valence-corrected chi connectivity index (χ3v) is 4.38. The van der Waals surface area contributed by atoms with Crippen LogP contribution in [0.4, 0.5) is 10.5 Å². The number of rotatable bonds is 4. The number of aryl methyl sites for hydroxylation is 1. The van der Waals surface area contributed by atoms with Crippen LogP contribution in [0.1, 0.15) is 31.6 Å². The van der Waals surface area contributed by atoms with Crippen molar-refractivity contribution >= 4 is 11.7 Å². The second-order valence-corrected chi connectivity index (χ2v) is 6.14. The quantitative estimate of drug-likeness (QED) is 0.800. The zero-order valence-electron chi connectivity index (χ0n) is 13.7. The van der Waals surface area contributed by atoms with E-state index >= 15 is 0 Å². The fourth-order valence-corrected chi connectivity index (χ4v) is 3.06. The minimum absolute atomic E-state index is 0.0318. The molecule has 0 saturated heterocycles. The molecule has 1 aliphatic carbocycles. The monoisotopic (exact) mass is 330 g/mol. The molecule has 0 radical (unpaired) electrons. The zero-order valence-corrected chi connectivity index (χ0v) is 13.7. The Morgan fingerprint density at radius 3 is 2.67 bits per heavy atom. The number of carbonyl (C=O) groups excluding carboxylic acids is 1. The van der Waals surface area contributed by atoms with Gasteiger partial charge in [-0.15, -0.1) is 10.2 Å². The van der Waals surface area contributed by atoms with Gasteiger partial charge in [0.1, 0.15) is 0 Å². The zero-order chi connectivity index (χ0) is 16.9. The summed E-state index contributed by atoms with van der Waals surface area (Å²) in [7, 11) is 0. The highest BCUT2D eigenvalue weighted by atomic mass is 16.4. The van der Waals surface area contributed by atoms with E-state index < -0.39 is 0 Å². The van der Waals surface area contributed by atoms with Crippen LogP contribution < -0.4 is 10.6 Å². The van der Waals surface area contributed by atoms with Crippen LogP contribution in [-0.4, -0.2) is 34.0 Å². The number of benzene rings is 1. The van der Waals surface area contributed by atoms with Gasteiger partial charge in [0.2, 0.25) is 11.8 Å². The molecule has 7 nitrogen and oxygen atoms in total. The second-order valence-electron chi connectivity index (χ2n) is 6.14. The second kappa shape index (κ2) is 7.44. The Bertz CT molecular complexity index is 683. The lowest BCUT2D eigenvalue weighted by Crippen LogP contribution is -2.45. The van der Waals surface area contributed by atoms with E-state index in [4.69, 9.17) is 4.42 Å². The highest BCUT2D eigenvalue weighted by Crippen LogP contribution is 2.24. The van der Waals surface area contributed by atoms with Crippen molar-refractivity contribution in [2.45, 2.75) is 38.6 Å². The van der Waals surface area contributed by atoms with Gasteiger partial charge in [0, 0.05) is 36.7 Å². The van der Waals surface area contributed by atoms with E-state index in [-0.39, 0.29) is 24.6 Å². The maximum absolute atomic E-state index is 12.2. The summed E-state index contributed by atoms with van der Waals surface area (Å²) in [5, 5.41) is 23.0. The van der Waals surface area contributed by atoms with Crippen molar-refractivity contribution in [1.82, 2.24) is 15.5 Å². The van der Waals surface area contributed by atoms with Crippen molar-refractivity contribution in [3.63, 3.8) is 0 Å². The van der Waals surface area contributed by atoms with Gasteiger partial charge >= 0.3 is 6.03 Å². The summed E-state index contributed by atoms with van der Waals surface area (Å²) in [5.74, 6) is 1.11. The molecular formula is C17H22N4O3. The average Bonchev–Trinajstić information content (AvgIpc) is 3.02.